The highest BCUT2D eigenvalue weighted by Crippen LogP contribution is 2.26. The van der Waals surface area contributed by atoms with Crippen LogP contribution in [0.5, 0.6) is 0 Å². The van der Waals surface area contributed by atoms with Crippen molar-refractivity contribution in [1.82, 2.24) is 20.3 Å². The molecule has 1 aliphatic heterocycles. The van der Waals surface area contributed by atoms with Crippen molar-refractivity contribution in [3.8, 4) is 0 Å². The molecule has 102 valence electrons. The van der Waals surface area contributed by atoms with Crippen LogP contribution in [0.4, 0.5) is 0 Å². The van der Waals surface area contributed by atoms with Crippen LogP contribution in [0.25, 0.3) is 11.2 Å². The number of nitrogens with one attached hydrogen (secondary N) is 2. The van der Waals surface area contributed by atoms with E-state index in [1.807, 2.05) is 6.07 Å². The maximum Gasteiger partial charge on any atom is 0.177 e. The lowest BCUT2D eigenvalue weighted by Gasteiger charge is -2.16. The van der Waals surface area contributed by atoms with E-state index in [1.54, 1.807) is 6.20 Å². The average Bonchev–Trinajstić information content (AvgIpc) is 3.01. The lowest BCUT2D eigenvalue weighted by molar-refractivity contribution is 0.187. The first-order valence-corrected chi connectivity index (χ1v) is 7.39. The fraction of sp³-hybridized carbons (Fsp3) is 0.538. The average molecular weight is 325 g/mol. The summed E-state index contributed by atoms with van der Waals surface area (Å²) in [6, 6.07) is 2.34. The van der Waals surface area contributed by atoms with Crippen LogP contribution in [0.3, 0.4) is 0 Å². The number of rotatable bonds is 4. The Morgan fingerprint density at radius 3 is 3.26 bits per heavy atom. The molecule has 3 heterocycles. The second-order valence-corrected chi connectivity index (χ2v) is 5.77. The molecular formula is C13H17BrN4O. The molecule has 1 saturated heterocycles. The molecule has 1 fully saturated rings. The molecule has 3 rings (SSSR count). The minimum absolute atomic E-state index is 0.277. The molecule has 2 atom stereocenters. The smallest absolute Gasteiger partial charge is 0.177 e. The van der Waals surface area contributed by atoms with Crippen LogP contribution in [0.1, 0.15) is 25.1 Å². The fourth-order valence-electron chi connectivity index (χ4n) is 2.42. The number of imidazole rings is 1. The Balaban J connectivity index is 1.86. The number of aromatic nitrogens is 3. The summed E-state index contributed by atoms with van der Waals surface area (Å²) in [5.41, 5.74) is 1.73. The number of pyridine rings is 1. The third-order valence-electron chi connectivity index (χ3n) is 3.41. The molecule has 6 heteroatoms. The van der Waals surface area contributed by atoms with Gasteiger partial charge in [-0.25, -0.2) is 9.97 Å². The number of H-pyrrole nitrogens is 1. The monoisotopic (exact) mass is 324 g/mol. The maximum atomic E-state index is 5.59. The highest BCUT2D eigenvalue weighted by molar-refractivity contribution is 9.10. The summed E-state index contributed by atoms with van der Waals surface area (Å²) in [4.78, 5) is 12.3. The molecule has 0 saturated carbocycles. The van der Waals surface area contributed by atoms with E-state index in [0.29, 0.717) is 12.6 Å². The number of fused-ring (bicyclic) bond motifs is 1. The predicted molar refractivity (Wildman–Crippen MR) is 77.2 cm³/mol. The van der Waals surface area contributed by atoms with Gasteiger partial charge in [-0.15, -0.1) is 0 Å². The number of hydrogen-bond acceptors (Lipinski definition) is 4. The van der Waals surface area contributed by atoms with Crippen LogP contribution < -0.4 is 5.32 Å². The highest BCUT2D eigenvalue weighted by atomic mass is 79.9. The van der Waals surface area contributed by atoms with Gasteiger partial charge in [0.05, 0.1) is 24.6 Å². The molecule has 0 amide bonds. The molecule has 2 unspecified atom stereocenters. The van der Waals surface area contributed by atoms with Gasteiger partial charge in [0.15, 0.2) is 5.65 Å². The van der Waals surface area contributed by atoms with E-state index in [-0.39, 0.29) is 5.92 Å². The van der Waals surface area contributed by atoms with Crippen molar-refractivity contribution in [3.63, 3.8) is 0 Å². The Hall–Kier alpha value is -0.980. The molecule has 0 radical (unpaired) electrons. The van der Waals surface area contributed by atoms with E-state index < -0.39 is 0 Å². The van der Waals surface area contributed by atoms with Gasteiger partial charge in [0.25, 0.3) is 0 Å². The molecule has 2 N–H and O–H groups in total. The molecule has 19 heavy (non-hydrogen) atoms. The summed E-state index contributed by atoms with van der Waals surface area (Å²) in [5.74, 6) is 1.24. The van der Waals surface area contributed by atoms with Crippen molar-refractivity contribution in [1.29, 1.82) is 0 Å². The molecule has 2 aromatic rings. The Morgan fingerprint density at radius 2 is 2.42 bits per heavy atom. The van der Waals surface area contributed by atoms with Crippen molar-refractivity contribution in [2.24, 2.45) is 0 Å². The topological polar surface area (TPSA) is 62.8 Å². The minimum Gasteiger partial charge on any atom is -0.379 e. The first-order chi connectivity index (χ1) is 9.28. The minimum atomic E-state index is 0.277. The zero-order valence-electron chi connectivity index (χ0n) is 10.8. The van der Waals surface area contributed by atoms with E-state index in [9.17, 15) is 0 Å². The fourth-order valence-corrected chi connectivity index (χ4v) is 2.75. The second-order valence-electron chi connectivity index (χ2n) is 4.85. The normalized spacial score (nSPS) is 23.3. The summed E-state index contributed by atoms with van der Waals surface area (Å²) in [5, 5.41) is 3.52. The summed E-state index contributed by atoms with van der Waals surface area (Å²) in [7, 11) is 0. The van der Waals surface area contributed by atoms with E-state index in [0.717, 1.165) is 41.0 Å². The van der Waals surface area contributed by atoms with Crippen molar-refractivity contribution in [2.75, 3.05) is 19.8 Å². The maximum absolute atomic E-state index is 5.59. The Kier molecular flexibility index (Phi) is 3.81. The third-order valence-corrected chi connectivity index (χ3v) is 3.84. The second kappa shape index (κ2) is 5.56. The van der Waals surface area contributed by atoms with E-state index >= 15 is 0 Å². The van der Waals surface area contributed by atoms with Crippen LogP contribution in [0.15, 0.2) is 16.7 Å². The van der Waals surface area contributed by atoms with Gasteiger partial charge in [0.1, 0.15) is 5.82 Å². The number of halogens is 1. The van der Waals surface area contributed by atoms with Crippen molar-refractivity contribution >= 4 is 27.1 Å². The number of aromatic amines is 1. The third kappa shape index (κ3) is 2.66. The van der Waals surface area contributed by atoms with Gasteiger partial charge < -0.3 is 15.0 Å². The zero-order valence-corrected chi connectivity index (χ0v) is 12.4. The Labute approximate surface area is 120 Å². The molecule has 5 nitrogen and oxygen atoms in total. The molecule has 0 bridgehead atoms. The molecule has 2 aromatic heterocycles. The summed E-state index contributed by atoms with van der Waals surface area (Å²) < 4.78 is 6.55. The van der Waals surface area contributed by atoms with Gasteiger partial charge in [0, 0.05) is 16.7 Å². The number of nitrogens with zero attached hydrogens (tertiary/aromatic N) is 2. The first-order valence-electron chi connectivity index (χ1n) is 6.60. The quantitative estimate of drug-likeness (QED) is 0.905. The van der Waals surface area contributed by atoms with Crippen LogP contribution in [-0.4, -0.2) is 40.8 Å². The lowest BCUT2D eigenvalue weighted by atomic mass is 10.0. The molecular weight excluding hydrogens is 308 g/mol. The van der Waals surface area contributed by atoms with Crippen molar-refractivity contribution in [3.05, 3.63) is 22.6 Å². The van der Waals surface area contributed by atoms with Gasteiger partial charge in [-0.05, 0) is 35.0 Å². The summed E-state index contributed by atoms with van der Waals surface area (Å²) in [6.45, 7) is 4.64. The van der Waals surface area contributed by atoms with Gasteiger partial charge >= 0.3 is 0 Å². The SMILES string of the molecule is CCCNC1COCC1c1nc2ncc(Br)cc2[nH]1. The van der Waals surface area contributed by atoms with Gasteiger partial charge in [-0.3, -0.25) is 0 Å². The Bertz CT molecular complexity index is 571. The van der Waals surface area contributed by atoms with Crippen LogP contribution in [0, 0.1) is 0 Å². The number of hydrogen-bond donors (Lipinski definition) is 2. The highest BCUT2D eigenvalue weighted by Gasteiger charge is 2.31. The number of ether oxygens (including phenoxy) is 1. The first kappa shape index (κ1) is 13.0. The predicted octanol–water partition coefficient (Wildman–Crippen LogP) is 2.20. The Morgan fingerprint density at radius 1 is 1.53 bits per heavy atom. The lowest BCUT2D eigenvalue weighted by Crippen LogP contribution is -2.35. The largest absolute Gasteiger partial charge is 0.379 e. The summed E-state index contributed by atoms with van der Waals surface area (Å²) >= 11 is 3.42. The van der Waals surface area contributed by atoms with Gasteiger partial charge in [-0.1, -0.05) is 6.92 Å². The van der Waals surface area contributed by atoms with Crippen LogP contribution >= 0.6 is 15.9 Å². The standard InChI is InChI=1S/C13H17BrN4O/c1-2-3-15-11-7-19-6-9(11)12-17-10-4-8(14)5-16-13(10)18-12/h4-5,9,11,15H,2-3,6-7H2,1H3,(H,16,17,18). The van der Waals surface area contributed by atoms with Gasteiger partial charge in [-0.2, -0.15) is 0 Å². The van der Waals surface area contributed by atoms with Crippen LogP contribution in [-0.2, 0) is 4.74 Å². The molecule has 0 aromatic carbocycles. The zero-order chi connectivity index (χ0) is 13.2. The van der Waals surface area contributed by atoms with E-state index in [4.69, 9.17) is 4.74 Å². The van der Waals surface area contributed by atoms with E-state index in [2.05, 4.69) is 43.1 Å². The van der Waals surface area contributed by atoms with E-state index in [1.165, 1.54) is 0 Å². The van der Waals surface area contributed by atoms with Crippen molar-refractivity contribution in [2.45, 2.75) is 25.3 Å². The molecule has 0 aliphatic carbocycles. The molecule has 0 spiro atoms. The summed E-state index contributed by atoms with van der Waals surface area (Å²) in [6.07, 6.45) is 2.89. The van der Waals surface area contributed by atoms with Crippen LogP contribution in [0.2, 0.25) is 0 Å². The van der Waals surface area contributed by atoms with Crippen molar-refractivity contribution < 1.29 is 4.74 Å². The molecule has 1 aliphatic rings. The van der Waals surface area contributed by atoms with Gasteiger partial charge in [0.2, 0.25) is 0 Å².